The van der Waals surface area contributed by atoms with E-state index in [4.69, 9.17) is 18.9 Å². The minimum atomic E-state index is -0.505. The SMILES string of the molecule is COc1ccc(-c2cc(C(=O)OCc3cc(=O)oc4ccc5ccccc5c34)c3ccccc3n2)cc1. The van der Waals surface area contributed by atoms with Crippen LogP contribution in [0, 0.1) is 0 Å². The molecule has 2 heterocycles. The minimum Gasteiger partial charge on any atom is -0.497 e. The van der Waals surface area contributed by atoms with Crippen molar-refractivity contribution >= 4 is 38.6 Å². The van der Waals surface area contributed by atoms with Gasteiger partial charge in [0.1, 0.15) is 17.9 Å². The number of benzene rings is 4. The molecule has 0 unspecified atom stereocenters. The second-order valence-corrected chi connectivity index (χ2v) is 8.63. The second-order valence-electron chi connectivity index (χ2n) is 8.63. The van der Waals surface area contributed by atoms with Crippen molar-refractivity contribution in [3.05, 3.63) is 119 Å². The molecule has 6 rings (SSSR count). The molecule has 0 atom stereocenters. The number of hydrogen-bond donors (Lipinski definition) is 0. The van der Waals surface area contributed by atoms with Crippen LogP contribution in [-0.2, 0) is 11.3 Å². The summed E-state index contributed by atoms with van der Waals surface area (Å²) in [4.78, 5) is 30.4. The number of aromatic nitrogens is 1. The van der Waals surface area contributed by atoms with Crippen LogP contribution in [-0.4, -0.2) is 18.1 Å². The van der Waals surface area contributed by atoms with Crippen molar-refractivity contribution in [3.8, 4) is 17.0 Å². The topological polar surface area (TPSA) is 78.6 Å². The molecule has 2 aromatic heterocycles. The molecule has 0 saturated heterocycles. The van der Waals surface area contributed by atoms with Crippen LogP contribution in [0.5, 0.6) is 5.75 Å². The monoisotopic (exact) mass is 487 g/mol. The summed E-state index contributed by atoms with van der Waals surface area (Å²) in [6, 6.07) is 29.5. The maximum Gasteiger partial charge on any atom is 0.339 e. The number of para-hydroxylation sites is 1. The van der Waals surface area contributed by atoms with E-state index in [1.165, 1.54) is 6.07 Å². The van der Waals surface area contributed by atoms with E-state index in [1.54, 1.807) is 19.2 Å². The van der Waals surface area contributed by atoms with Crippen LogP contribution < -0.4 is 10.4 Å². The van der Waals surface area contributed by atoms with Crippen LogP contribution in [0.25, 0.3) is 43.9 Å². The Labute approximate surface area is 211 Å². The number of pyridine rings is 1. The fraction of sp³-hybridized carbons (Fsp3) is 0.0645. The van der Waals surface area contributed by atoms with Gasteiger partial charge in [0.25, 0.3) is 0 Å². The molecule has 0 aliphatic carbocycles. The number of fused-ring (bicyclic) bond motifs is 4. The maximum atomic E-state index is 13.4. The van der Waals surface area contributed by atoms with E-state index in [2.05, 4.69) is 0 Å². The molecule has 6 heteroatoms. The smallest absolute Gasteiger partial charge is 0.339 e. The molecule has 0 saturated carbocycles. The Morgan fingerprint density at radius 2 is 1.62 bits per heavy atom. The van der Waals surface area contributed by atoms with Crippen molar-refractivity contribution < 1.29 is 18.7 Å². The van der Waals surface area contributed by atoms with Crippen LogP contribution in [0.15, 0.2) is 106 Å². The van der Waals surface area contributed by atoms with Crippen LogP contribution >= 0.6 is 0 Å². The Hall–Kier alpha value is -4.97. The van der Waals surface area contributed by atoms with E-state index in [9.17, 15) is 9.59 Å². The van der Waals surface area contributed by atoms with Gasteiger partial charge in [-0.15, -0.1) is 0 Å². The van der Waals surface area contributed by atoms with Gasteiger partial charge in [-0.25, -0.2) is 14.6 Å². The zero-order chi connectivity index (χ0) is 25.4. The van der Waals surface area contributed by atoms with Crippen LogP contribution in [0.4, 0.5) is 0 Å². The largest absolute Gasteiger partial charge is 0.497 e. The van der Waals surface area contributed by atoms with E-state index < -0.39 is 11.6 Å². The lowest BCUT2D eigenvalue weighted by atomic mass is 10.0. The van der Waals surface area contributed by atoms with Crippen molar-refractivity contribution in [1.82, 2.24) is 4.98 Å². The third-order valence-electron chi connectivity index (χ3n) is 6.40. The predicted octanol–water partition coefficient (Wildman–Crippen LogP) is 6.53. The average Bonchev–Trinajstić information content (AvgIpc) is 2.94. The fourth-order valence-electron chi connectivity index (χ4n) is 4.61. The summed E-state index contributed by atoms with van der Waals surface area (Å²) in [5.41, 5.74) is 3.11. The van der Waals surface area contributed by atoms with E-state index in [0.29, 0.717) is 33.3 Å². The van der Waals surface area contributed by atoms with Gasteiger partial charge in [-0.3, -0.25) is 0 Å². The third kappa shape index (κ3) is 4.19. The molecule has 0 aliphatic heterocycles. The molecule has 37 heavy (non-hydrogen) atoms. The van der Waals surface area contributed by atoms with Gasteiger partial charge in [0.15, 0.2) is 0 Å². The van der Waals surface area contributed by atoms with Crippen molar-refractivity contribution in [2.45, 2.75) is 6.61 Å². The Morgan fingerprint density at radius 1 is 0.865 bits per heavy atom. The Balaban J connectivity index is 1.40. The standard InChI is InChI=1S/C31H21NO5/c1-35-22-13-10-20(11-14-22)27-17-25(24-8-4-5-9-26(24)32-27)31(34)36-18-21-16-29(33)37-28-15-12-19-6-2-3-7-23(19)30(21)28/h2-17H,18H2,1H3. The van der Waals surface area contributed by atoms with Crippen molar-refractivity contribution in [2.24, 2.45) is 0 Å². The van der Waals surface area contributed by atoms with Gasteiger partial charge in [-0.05, 0) is 53.2 Å². The highest BCUT2D eigenvalue weighted by Crippen LogP contribution is 2.29. The van der Waals surface area contributed by atoms with Crippen LogP contribution in [0.2, 0.25) is 0 Å². The number of esters is 1. The van der Waals surface area contributed by atoms with Gasteiger partial charge in [0, 0.05) is 28.0 Å². The quantitative estimate of drug-likeness (QED) is 0.156. The maximum absolute atomic E-state index is 13.4. The Morgan fingerprint density at radius 3 is 2.43 bits per heavy atom. The van der Waals surface area contributed by atoms with Crippen LogP contribution in [0.1, 0.15) is 15.9 Å². The number of carbonyl (C=O) groups excluding carboxylic acids is 1. The van der Waals surface area contributed by atoms with Gasteiger partial charge in [0.2, 0.25) is 0 Å². The first-order valence-corrected chi connectivity index (χ1v) is 11.8. The summed E-state index contributed by atoms with van der Waals surface area (Å²) in [5, 5.41) is 3.36. The lowest BCUT2D eigenvalue weighted by Crippen LogP contribution is -2.09. The van der Waals surface area contributed by atoms with Gasteiger partial charge >= 0.3 is 11.6 Å². The Kier molecular flexibility index (Phi) is 5.62. The number of nitrogens with zero attached hydrogens (tertiary/aromatic N) is 1. The summed E-state index contributed by atoms with van der Waals surface area (Å²) in [6.07, 6.45) is 0. The highest BCUT2D eigenvalue weighted by atomic mass is 16.5. The highest BCUT2D eigenvalue weighted by molar-refractivity contribution is 6.07. The number of methoxy groups -OCH3 is 1. The highest BCUT2D eigenvalue weighted by Gasteiger charge is 2.17. The number of rotatable bonds is 5. The molecule has 0 N–H and O–H groups in total. The molecule has 4 aromatic carbocycles. The molecule has 6 aromatic rings. The average molecular weight is 488 g/mol. The molecule has 6 nitrogen and oxygen atoms in total. The first-order chi connectivity index (χ1) is 18.1. The first kappa shape index (κ1) is 22.5. The van der Waals surface area contributed by atoms with E-state index in [0.717, 1.165) is 27.5 Å². The molecule has 0 radical (unpaired) electrons. The van der Waals surface area contributed by atoms with Gasteiger partial charge in [-0.2, -0.15) is 0 Å². The summed E-state index contributed by atoms with van der Waals surface area (Å²) in [6.45, 7) is -0.0799. The minimum absolute atomic E-state index is 0.0799. The first-order valence-electron chi connectivity index (χ1n) is 11.8. The lowest BCUT2D eigenvalue weighted by molar-refractivity contribution is 0.0476. The van der Waals surface area contributed by atoms with Crippen molar-refractivity contribution in [3.63, 3.8) is 0 Å². The summed E-state index contributed by atoms with van der Waals surface area (Å²) >= 11 is 0. The van der Waals surface area contributed by atoms with Gasteiger partial charge in [-0.1, -0.05) is 48.5 Å². The molecule has 0 spiro atoms. The zero-order valence-corrected chi connectivity index (χ0v) is 19.9. The van der Waals surface area contributed by atoms with Gasteiger partial charge in [0.05, 0.1) is 23.9 Å². The van der Waals surface area contributed by atoms with E-state index in [-0.39, 0.29) is 6.61 Å². The van der Waals surface area contributed by atoms with Crippen molar-refractivity contribution in [2.75, 3.05) is 7.11 Å². The summed E-state index contributed by atoms with van der Waals surface area (Å²) in [7, 11) is 1.61. The number of carbonyl (C=O) groups is 1. The Bertz CT molecular complexity index is 1850. The van der Waals surface area contributed by atoms with Gasteiger partial charge < -0.3 is 13.9 Å². The fourth-order valence-corrected chi connectivity index (χ4v) is 4.61. The molecular formula is C31H21NO5. The molecule has 0 aliphatic rings. The normalized spacial score (nSPS) is 11.2. The predicted molar refractivity (Wildman–Crippen MR) is 143 cm³/mol. The molecule has 0 bridgehead atoms. The molecule has 0 fully saturated rings. The molecular weight excluding hydrogens is 466 g/mol. The zero-order valence-electron chi connectivity index (χ0n) is 19.9. The van der Waals surface area contributed by atoms with E-state index in [1.807, 2.05) is 78.9 Å². The molecule has 0 amide bonds. The van der Waals surface area contributed by atoms with Crippen molar-refractivity contribution in [1.29, 1.82) is 0 Å². The lowest BCUT2D eigenvalue weighted by Gasteiger charge is -2.12. The number of hydrogen-bond acceptors (Lipinski definition) is 6. The van der Waals surface area contributed by atoms with Crippen LogP contribution in [0.3, 0.4) is 0 Å². The third-order valence-corrected chi connectivity index (χ3v) is 6.40. The van der Waals surface area contributed by atoms with E-state index >= 15 is 0 Å². The summed E-state index contributed by atoms with van der Waals surface area (Å²) in [5.74, 6) is 0.228. The second kappa shape index (κ2) is 9.24. The number of ether oxygens (including phenoxy) is 2. The molecule has 180 valence electrons. The summed E-state index contributed by atoms with van der Waals surface area (Å²) < 4.78 is 16.5.